The molecule has 6 nitrogen and oxygen atoms in total. The van der Waals surface area contributed by atoms with E-state index in [-0.39, 0.29) is 12.0 Å². The summed E-state index contributed by atoms with van der Waals surface area (Å²) in [4.78, 5) is 2.23. The maximum absolute atomic E-state index is 10.1. The molecule has 1 aliphatic rings. The molecule has 4 rings (SSSR count). The van der Waals surface area contributed by atoms with Gasteiger partial charge in [0.05, 0.1) is 5.69 Å². The maximum Gasteiger partial charge on any atom is 0.250 e. The van der Waals surface area contributed by atoms with Gasteiger partial charge < -0.3 is 10.0 Å². The van der Waals surface area contributed by atoms with Crippen molar-refractivity contribution < 1.29 is 5.11 Å². The van der Waals surface area contributed by atoms with Crippen LogP contribution in [0.2, 0.25) is 0 Å². The lowest BCUT2D eigenvalue weighted by Gasteiger charge is -2.41. The first-order valence-corrected chi connectivity index (χ1v) is 9.53. The highest BCUT2D eigenvalue weighted by molar-refractivity contribution is 5.40. The quantitative estimate of drug-likeness (QED) is 0.729. The van der Waals surface area contributed by atoms with Crippen LogP contribution in [0.4, 0.5) is 5.95 Å². The lowest BCUT2D eigenvalue weighted by Crippen LogP contribution is -2.43. The highest BCUT2D eigenvalue weighted by Crippen LogP contribution is 2.37. The molecular formula is C21H25N5O. The number of tetrazole rings is 1. The zero-order chi connectivity index (χ0) is 18.5. The van der Waals surface area contributed by atoms with Gasteiger partial charge in [0.25, 0.3) is 0 Å². The van der Waals surface area contributed by atoms with Gasteiger partial charge in [0, 0.05) is 19.7 Å². The fraction of sp³-hybridized carbons (Fsp3) is 0.381. The van der Waals surface area contributed by atoms with Gasteiger partial charge in [-0.1, -0.05) is 53.6 Å². The summed E-state index contributed by atoms with van der Waals surface area (Å²) >= 11 is 0. The largest absolute Gasteiger partial charge is 0.396 e. The number of hydrogen-bond acceptors (Lipinski definition) is 5. The lowest BCUT2D eigenvalue weighted by molar-refractivity contribution is 0.0870. The first kappa shape index (κ1) is 17.7. The van der Waals surface area contributed by atoms with Crippen LogP contribution in [0.15, 0.2) is 60.7 Å². The minimum Gasteiger partial charge on any atom is -0.396 e. The van der Waals surface area contributed by atoms with Crippen LogP contribution < -0.4 is 4.90 Å². The van der Waals surface area contributed by atoms with Gasteiger partial charge in [-0.25, -0.2) is 0 Å². The Bertz CT molecular complexity index is 841. The van der Waals surface area contributed by atoms with Crippen LogP contribution in [-0.4, -0.2) is 45.0 Å². The Balaban J connectivity index is 1.43. The highest BCUT2D eigenvalue weighted by atomic mass is 16.3. The molecule has 0 bridgehead atoms. The summed E-state index contributed by atoms with van der Waals surface area (Å²) in [5.74, 6) is 0.774. The molecule has 0 amide bonds. The van der Waals surface area contributed by atoms with Gasteiger partial charge >= 0.3 is 0 Å². The van der Waals surface area contributed by atoms with E-state index in [9.17, 15) is 5.11 Å². The fourth-order valence-corrected chi connectivity index (χ4v) is 3.84. The Morgan fingerprint density at radius 2 is 1.59 bits per heavy atom. The van der Waals surface area contributed by atoms with Gasteiger partial charge in [-0.2, -0.15) is 4.68 Å². The molecule has 2 aromatic carbocycles. The number of anilines is 1. The first-order chi connectivity index (χ1) is 13.3. The number of aromatic nitrogens is 4. The minimum absolute atomic E-state index is 0.0165. The normalized spacial score (nSPS) is 16.4. The van der Waals surface area contributed by atoms with Gasteiger partial charge in [0.1, 0.15) is 0 Å². The second-order valence-electron chi connectivity index (χ2n) is 7.36. The van der Waals surface area contributed by atoms with E-state index in [4.69, 9.17) is 0 Å². The molecule has 27 heavy (non-hydrogen) atoms. The summed E-state index contributed by atoms with van der Waals surface area (Å²) in [6.45, 7) is 1.93. The van der Waals surface area contributed by atoms with E-state index in [1.54, 1.807) is 4.68 Å². The van der Waals surface area contributed by atoms with E-state index >= 15 is 0 Å². The molecule has 0 atom stereocenters. The van der Waals surface area contributed by atoms with Crippen LogP contribution in [0.1, 0.15) is 24.8 Å². The summed E-state index contributed by atoms with van der Waals surface area (Å²) in [5.41, 5.74) is 2.28. The second-order valence-corrected chi connectivity index (χ2v) is 7.36. The number of nitrogens with zero attached hydrogens (tertiary/aromatic N) is 5. The van der Waals surface area contributed by atoms with Gasteiger partial charge in [-0.15, -0.1) is 0 Å². The Morgan fingerprint density at radius 3 is 2.26 bits per heavy atom. The van der Waals surface area contributed by atoms with Gasteiger partial charge in [-0.3, -0.25) is 0 Å². The first-order valence-electron chi connectivity index (χ1n) is 9.53. The summed E-state index contributed by atoms with van der Waals surface area (Å²) in [5, 5.41) is 22.4. The van der Waals surface area contributed by atoms with Crippen molar-refractivity contribution in [1.82, 2.24) is 20.2 Å². The molecule has 1 fully saturated rings. The third-order valence-corrected chi connectivity index (χ3v) is 5.68. The number of aliphatic hydroxyl groups excluding tert-OH is 1. The molecule has 0 aliphatic carbocycles. The Morgan fingerprint density at radius 1 is 0.926 bits per heavy atom. The van der Waals surface area contributed by atoms with Crippen molar-refractivity contribution >= 4 is 5.95 Å². The molecule has 1 aliphatic heterocycles. The number of aryl methyl sites for hydroxylation is 1. The molecule has 1 aromatic heterocycles. The topological polar surface area (TPSA) is 67.1 Å². The van der Waals surface area contributed by atoms with Crippen molar-refractivity contribution in [2.75, 3.05) is 24.6 Å². The summed E-state index contributed by atoms with van der Waals surface area (Å²) < 4.78 is 1.79. The van der Waals surface area contributed by atoms with Crippen molar-refractivity contribution in [1.29, 1.82) is 0 Å². The SMILES string of the molecule is OCC1(CCc2ccccc2)CCN(c2nnnn2-c2ccccc2)CC1. The third-order valence-electron chi connectivity index (χ3n) is 5.68. The van der Waals surface area contributed by atoms with Crippen LogP contribution in [0.25, 0.3) is 5.69 Å². The van der Waals surface area contributed by atoms with Crippen molar-refractivity contribution in [3.63, 3.8) is 0 Å². The summed E-state index contributed by atoms with van der Waals surface area (Å²) in [6, 6.07) is 20.5. The van der Waals surface area contributed by atoms with Crippen LogP contribution in [0.5, 0.6) is 0 Å². The average molecular weight is 363 g/mol. The van der Waals surface area contributed by atoms with E-state index in [2.05, 4.69) is 44.7 Å². The molecule has 0 unspecified atom stereocenters. The van der Waals surface area contributed by atoms with Crippen molar-refractivity contribution in [2.24, 2.45) is 5.41 Å². The smallest absolute Gasteiger partial charge is 0.250 e. The monoisotopic (exact) mass is 363 g/mol. The number of benzene rings is 2. The fourth-order valence-electron chi connectivity index (χ4n) is 3.84. The predicted octanol–water partition coefficient (Wildman–Crippen LogP) is 2.87. The van der Waals surface area contributed by atoms with Crippen molar-refractivity contribution in [2.45, 2.75) is 25.7 Å². The molecule has 3 aromatic rings. The van der Waals surface area contributed by atoms with Gasteiger partial charge in [-0.05, 0) is 59.2 Å². The summed E-state index contributed by atoms with van der Waals surface area (Å²) in [6.07, 6.45) is 3.89. The summed E-state index contributed by atoms with van der Waals surface area (Å²) in [7, 11) is 0. The van der Waals surface area contributed by atoms with E-state index in [0.29, 0.717) is 0 Å². The van der Waals surface area contributed by atoms with E-state index in [1.165, 1.54) is 5.56 Å². The Kier molecular flexibility index (Phi) is 5.16. The van der Waals surface area contributed by atoms with Crippen molar-refractivity contribution in [3.05, 3.63) is 66.2 Å². The van der Waals surface area contributed by atoms with Gasteiger partial charge in [0.15, 0.2) is 0 Å². The van der Waals surface area contributed by atoms with E-state index < -0.39 is 0 Å². The molecule has 1 N–H and O–H groups in total. The maximum atomic E-state index is 10.1. The zero-order valence-corrected chi connectivity index (χ0v) is 15.4. The molecule has 0 saturated carbocycles. The lowest BCUT2D eigenvalue weighted by atomic mass is 9.75. The molecular weight excluding hydrogens is 338 g/mol. The van der Waals surface area contributed by atoms with Crippen LogP contribution >= 0.6 is 0 Å². The van der Waals surface area contributed by atoms with E-state index in [0.717, 1.165) is 50.4 Å². The highest BCUT2D eigenvalue weighted by Gasteiger charge is 2.35. The number of para-hydroxylation sites is 1. The standard InChI is InChI=1S/C21H25N5O/c27-17-21(12-11-18-7-3-1-4-8-18)13-15-25(16-14-21)20-22-23-24-26(20)19-9-5-2-6-10-19/h1-10,27H,11-17H2. The Labute approximate surface area is 159 Å². The van der Waals surface area contributed by atoms with Crippen molar-refractivity contribution in [3.8, 4) is 5.69 Å². The average Bonchev–Trinajstić information content (AvgIpc) is 3.24. The molecule has 140 valence electrons. The predicted molar refractivity (Wildman–Crippen MR) is 105 cm³/mol. The minimum atomic E-state index is -0.0165. The molecule has 0 spiro atoms. The zero-order valence-electron chi connectivity index (χ0n) is 15.4. The van der Waals surface area contributed by atoms with Crippen LogP contribution in [0, 0.1) is 5.41 Å². The number of hydrogen-bond donors (Lipinski definition) is 1. The number of piperidine rings is 1. The van der Waals surface area contributed by atoms with Crippen LogP contribution in [0.3, 0.4) is 0 Å². The molecule has 0 radical (unpaired) electrons. The Hall–Kier alpha value is -2.73. The number of aliphatic hydroxyl groups is 1. The number of rotatable bonds is 6. The second kappa shape index (κ2) is 7.88. The molecule has 2 heterocycles. The van der Waals surface area contributed by atoms with Gasteiger partial charge in [0.2, 0.25) is 5.95 Å². The molecule has 1 saturated heterocycles. The van der Waals surface area contributed by atoms with E-state index in [1.807, 2.05) is 36.4 Å². The van der Waals surface area contributed by atoms with Crippen LogP contribution in [-0.2, 0) is 6.42 Å². The third kappa shape index (κ3) is 3.85. The molecule has 6 heteroatoms.